The molecule has 7 heteroatoms. The highest BCUT2D eigenvalue weighted by molar-refractivity contribution is 7.17. The number of rotatable bonds is 4. The number of aromatic nitrogens is 3. The molecule has 1 fully saturated rings. The van der Waals surface area contributed by atoms with Crippen LogP contribution in [0.25, 0.3) is 5.13 Å². The van der Waals surface area contributed by atoms with E-state index in [4.69, 9.17) is 0 Å². The van der Waals surface area contributed by atoms with E-state index in [0.29, 0.717) is 6.54 Å². The SMILES string of the molecule is Cc1cc(C)cc(NC(=O)[C@H]2CCCN(c3nnc(-n4cccc4)s3)C2)c1. The van der Waals surface area contributed by atoms with Crippen LogP contribution >= 0.6 is 11.3 Å². The fraction of sp³-hybridized carbons (Fsp3) is 0.350. The Bertz CT molecular complexity index is 914. The summed E-state index contributed by atoms with van der Waals surface area (Å²) >= 11 is 1.55. The highest BCUT2D eigenvalue weighted by Crippen LogP contribution is 2.28. The number of carbonyl (C=O) groups is 1. The fourth-order valence-corrected chi connectivity index (χ4v) is 4.41. The number of amides is 1. The zero-order chi connectivity index (χ0) is 18.8. The number of carbonyl (C=O) groups excluding carboxylic acids is 1. The van der Waals surface area contributed by atoms with Gasteiger partial charge in [-0.1, -0.05) is 17.4 Å². The van der Waals surface area contributed by atoms with Crippen molar-refractivity contribution in [3.8, 4) is 5.13 Å². The van der Waals surface area contributed by atoms with Gasteiger partial charge in [0.25, 0.3) is 0 Å². The van der Waals surface area contributed by atoms with Gasteiger partial charge in [-0.15, -0.1) is 10.2 Å². The maximum Gasteiger partial charge on any atom is 0.229 e. The highest BCUT2D eigenvalue weighted by atomic mass is 32.1. The summed E-state index contributed by atoms with van der Waals surface area (Å²) in [7, 11) is 0. The Morgan fingerprint density at radius 3 is 2.56 bits per heavy atom. The minimum absolute atomic E-state index is 0.0431. The number of nitrogens with zero attached hydrogens (tertiary/aromatic N) is 4. The first-order valence-electron chi connectivity index (χ1n) is 9.19. The molecular weight excluding hydrogens is 358 g/mol. The second kappa shape index (κ2) is 7.52. The van der Waals surface area contributed by atoms with Gasteiger partial charge in [0.15, 0.2) is 0 Å². The van der Waals surface area contributed by atoms with Crippen molar-refractivity contribution in [1.82, 2.24) is 14.8 Å². The predicted molar refractivity (Wildman–Crippen MR) is 109 cm³/mol. The summed E-state index contributed by atoms with van der Waals surface area (Å²) in [5.74, 6) is 0.0401. The number of anilines is 2. The highest BCUT2D eigenvalue weighted by Gasteiger charge is 2.28. The van der Waals surface area contributed by atoms with Gasteiger partial charge in [0.1, 0.15) is 0 Å². The number of piperidine rings is 1. The molecule has 1 aromatic carbocycles. The van der Waals surface area contributed by atoms with E-state index in [1.54, 1.807) is 11.3 Å². The standard InChI is InChI=1S/C20H23N5OS/c1-14-10-15(2)12-17(11-14)21-18(26)16-6-5-9-25(13-16)20-23-22-19(27-20)24-7-3-4-8-24/h3-4,7-8,10-12,16H,5-6,9,13H2,1-2H3,(H,21,26)/t16-/m0/s1. The molecule has 140 valence electrons. The van der Waals surface area contributed by atoms with Crippen LogP contribution in [0.1, 0.15) is 24.0 Å². The first-order chi connectivity index (χ1) is 13.1. The molecule has 1 atom stereocenters. The molecule has 0 bridgehead atoms. The Hall–Kier alpha value is -2.67. The van der Waals surface area contributed by atoms with Gasteiger partial charge in [-0.05, 0) is 62.1 Å². The summed E-state index contributed by atoms with van der Waals surface area (Å²) in [6.45, 7) is 5.68. The van der Waals surface area contributed by atoms with Crippen LogP contribution in [-0.2, 0) is 4.79 Å². The zero-order valence-electron chi connectivity index (χ0n) is 15.6. The molecule has 1 aliphatic heterocycles. The summed E-state index contributed by atoms with van der Waals surface area (Å²) in [6.07, 6.45) is 5.79. The Kier molecular flexibility index (Phi) is 4.94. The smallest absolute Gasteiger partial charge is 0.229 e. The monoisotopic (exact) mass is 381 g/mol. The van der Waals surface area contributed by atoms with Crippen LogP contribution in [0.3, 0.4) is 0 Å². The van der Waals surface area contributed by atoms with Crippen LogP contribution in [0.5, 0.6) is 0 Å². The topological polar surface area (TPSA) is 63.1 Å². The molecule has 1 N–H and O–H groups in total. The van der Waals surface area contributed by atoms with Gasteiger partial charge in [0.05, 0.1) is 5.92 Å². The summed E-state index contributed by atoms with van der Waals surface area (Å²) in [5, 5.41) is 13.4. The van der Waals surface area contributed by atoms with Gasteiger partial charge in [-0.2, -0.15) is 0 Å². The molecule has 2 aromatic heterocycles. The van der Waals surface area contributed by atoms with Crippen molar-refractivity contribution in [1.29, 1.82) is 0 Å². The Morgan fingerprint density at radius 2 is 1.81 bits per heavy atom. The Labute approximate surface area is 162 Å². The molecule has 0 saturated carbocycles. The minimum atomic E-state index is -0.0431. The van der Waals surface area contributed by atoms with E-state index in [1.807, 2.05) is 55.1 Å². The number of hydrogen-bond acceptors (Lipinski definition) is 5. The number of nitrogens with one attached hydrogen (secondary N) is 1. The van der Waals surface area contributed by atoms with Crippen molar-refractivity contribution < 1.29 is 4.79 Å². The average molecular weight is 382 g/mol. The van der Waals surface area contributed by atoms with Crippen LogP contribution in [0.15, 0.2) is 42.7 Å². The van der Waals surface area contributed by atoms with Gasteiger partial charge >= 0.3 is 0 Å². The van der Waals surface area contributed by atoms with Crippen molar-refractivity contribution in [3.05, 3.63) is 53.9 Å². The number of hydrogen-bond donors (Lipinski definition) is 1. The normalized spacial score (nSPS) is 17.1. The van der Waals surface area contributed by atoms with E-state index >= 15 is 0 Å². The van der Waals surface area contributed by atoms with Crippen molar-refractivity contribution in [2.24, 2.45) is 5.92 Å². The van der Waals surface area contributed by atoms with Gasteiger partial charge < -0.3 is 10.2 Å². The maximum absolute atomic E-state index is 12.8. The molecule has 4 rings (SSSR count). The van der Waals surface area contributed by atoms with E-state index in [1.165, 1.54) is 0 Å². The van der Waals surface area contributed by atoms with Gasteiger partial charge in [-0.25, -0.2) is 0 Å². The summed E-state index contributed by atoms with van der Waals surface area (Å²) < 4.78 is 1.95. The second-order valence-corrected chi connectivity index (χ2v) is 8.04. The summed E-state index contributed by atoms with van der Waals surface area (Å²) in [4.78, 5) is 15.0. The van der Waals surface area contributed by atoms with Crippen molar-refractivity contribution in [2.45, 2.75) is 26.7 Å². The van der Waals surface area contributed by atoms with Crippen LogP contribution in [0.2, 0.25) is 0 Å². The molecule has 3 heterocycles. The molecule has 0 spiro atoms. The lowest BCUT2D eigenvalue weighted by Crippen LogP contribution is -2.40. The third kappa shape index (κ3) is 4.03. The van der Waals surface area contributed by atoms with Crippen LogP contribution in [0, 0.1) is 19.8 Å². The van der Waals surface area contributed by atoms with Crippen LogP contribution < -0.4 is 10.2 Å². The van der Waals surface area contributed by atoms with Crippen LogP contribution in [0.4, 0.5) is 10.8 Å². The van der Waals surface area contributed by atoms with Gasteiger partial charge in [0, 0.05) is 31.2 Å². The van der Waals surface area contributed by atoms with Gasteiger partial charge in [-0.3, -0.25) is 9.36 Å². The molecular formula is C20H23N5OS. The molecule has 0 radical (unpaired) electrons. The Balaban J connectivity index is 1.44. The fourth-order valence-electron chi connectivity index (χ4n) is 3.56. The van der Waals surface area contributed by atoms with Gasteiger partial charge in [0.2, 0.25) is 16.2 Å². The van der Waals surface area contributed by atoms with E-state index in [-0.39, 0.29) is 11.8 Å². The maximum atomic E-state index is 12.8. The number of benzene rings is 1. The van der Waals surface area contributed by atoms with Crippen molar-refractivity contribution in [3.63, 3.8) is 0 Å². The molecule has 6 nitrogen and oxygen atoms in total. The minimum Gasteiger partial charge on any atom is -0.346 e. The summed E-state index contributed by atoms with van der Waals surface area (Å²) in [5.41, 5.74) is 3.18. The third-order valence-electron chi connectivity index (χ3n) is 4.78. The molecule has 1 amide bonds. The van der Waals surface area contributed by atoms with Crippen molar-refractivity contribution >= 4 is 28.1 Å². The molecule has 3 aromatic rings. The molecule has 1 saturated heterocycles. The third-order valence-corrected chi connectivity index (χ3v) is 5.78. The van der Waals surface area contributed by atoms with E-state index in [9.17, 15) is 4.79 Å². The molecule has 1 aliphatic rings. The lowest BCUT2D eigenvalue weighted by Gasteiger charge is -2.31. The molecule has 0 aliphatic carbocycles. The number of aryl methyl sites for hydroxylation is 2. The van der Waals surface area contributed by atoms with Crippen molar-refractivity contribution in [2.75, 3.05) is 23.3 Å². The van der Waals surface area contributed by atoms with E-state index in [0.717, 1.165) is 46.5 Å². The summed E-state index contributed by atoms with van der Waals surface area (Å²) in [6, 6.07) is 10.1. The Morgan fingerprint density at radius 1 is 1.11 bits per heavy atom. The predicted octanol–water partition coefficient (Wildman–Crippen LogP) is 3.80. The largest absolute Gasteiger partial charge is 0.346 e. The average Bonchev–Trinajstić information content (AvgIpc) is 3.32. The molecule has 0 unspecified atom stereocenters. The van der Waals surface area contributed by atoms with E-state index in [2.05, 4.69) is 26.5 Å². The quantitative estimate of drug-likeness (QED) is 0.747. The first kappa shape index (κ1) is 17.7. The zero-order valence-corrected chi connectivity index (χ0v) is 16.4. The lowest BCUT2D eigenvalue weighted by atomic mass is 9.97. The van der Waals surface area contributed by atoms with Crippen LogP contribution in [-0.4, -0.2) is 33.8 Å². The molecule has 27 heavy (non-hydrogen) atoms. The first-order valence-corrected chi connectivity index (χ1v) is 10.0. The van der Waals surface area contributed by atoms with E-state index < -0.39 is 0 Å². The lowest BCUT2D eigenvalue weighted by molar-refractivity contribution is -0.120. The second-order valence-electron chi connectivity index (χ2n) is 7.11.